The molecule has 0 aromatic heterocycles. The fraction of sp³-hybridized carbons (Fsp3) is 0.625. The summed E-state index contributed by atoms with van der Waals surface area (Å²) in [5, 5.41) is 9.78. The Hall–Kier alpha value is -0.690. The van der Waals surface area contributed by atoms with E-state index in [0.29, 0.717) is 12.8 Å². The lowest BCUT2D eigenvalue weighted by molar-refractivity contribution is -0.166. The summed E-state index contributed by atoms with van der Waals surface area (Å²) in [5.41, 5.74) is 3.41. The van der Waals surface area contributed by atoms with E-state index in [2.05, 4.69) is 37.4 Å². The number of benzene rings is 1. The Morgan fingerprint density at radius 1 is 1.26 bits per heavy atom. The number of thioether (sulfide) groups is 2. The first-order chi connectivity index (χ1) is 14.7. The van der Waals surface area contributed by atoms with Gasteiger partial charge in [0.05, 0.1) is 9.10 Å². The van der Waals surface area contributed by atoms with Crippen molar-refractivity contribution in [2.24, 2.45) is 5.41 Å². The van der Waals surface area contributed by atoms with Crippen LogP contribution in [0, 0.1) is 11.2 Å². The number of allylic oxidation sites excluding steroid dienone is 2. The average molecular weight is 485 g/mol. The van der Waals surface area contributed by atoms with E-state index in [1.807, 2.05) is 6.07 Å². The predicted molar refractivity (Wildman–Crippen MR) is 128 cm³/mol. The number of aliphatic hydroxyl groups excluding tert-OH is 1. The van der Waals surface area contributed by atoms with Crippen LogP contribution in [0.15, 0.2) is 23.8 Å². The second kappa shape index (κ2) is 9.28. The van der Waals surface area contributed by atoms with Gasteiger partial charge < -0.3 is 9.84 Å². The van der Waals surface area contributed by atoms with Gasteiger partial charge in [-0.05, 0) is 85.1 Å². The van der Waals surface area contributed by atoms with Crippen molar-refractivity contribution < 1.29 is 19.0 Å². The van der Waals surface area contributed by atoms with Gasteiger partial charge in [-0.3, -0.25) is 0 Å². The van der Waals surface area contributed by atoms with Crippen LogP contribution in [0.3, 0.4) is 0 Å². The monoisotopic (exact) mass is 484 g/mol. The van der Waals surface area contributed by atoms with E-state index in [1.54, 1.807) is 12.1 Å². The first-order valence-corrected chi connectivity index (χ1v) is 13.4. The standard InChI is InChI=1S/C24H30ClFO3S2/c1-23(2)14-24(30-10-3-11-31-24)13-17(15-4-8-19(25)20(26)12-15)18(23)7-5-16-6-9-21(27)22(28)29-16/h4,8,12,16,21,27H,3,5-7,9-11,13-14H2,1-2H3/t16-,21-/m1/s1. The maximum atomic E-state index is 14.4. The lowest BCUT2D eigenvalue weighted by Crippen LogP contribution is -2.38. The fourth-order valence-corrected chi connectivity index (χ4v) is 9.04. The van der Waals surface area contributed by atoms with Gasteiger partial charge in [-0.15, -0.1) is 23.5 Å². The Labute approximate surface area is 197 Å². The Morgan fingerprint density at radius 2 is 2.00 bits per heavy atom. The number of rotatable bonds is 4. The molecule has 0 bridgehead atoms. The van der Waals surface area contributed by atoms with Crippen molar-refractivity contribution in [3.63, 3.8) is 0 Å². The smallest absolute Gasteiger partial charge is 0.335 e. The molecule has 2 aliphatic heterocycles. The van der Waals surface area contributed by atoms with E-state index in [4.69, 9.17) is 16.3 Å². The van der Waals surface area contributed by atoms with Crippen molar-refractivity contribution in [2.75, 3.05) is 11.5 Å². The number of halogens is 2. The minimum Gasteiger partial charge on any atom is -0.460 e. The van der Waals surface area contributed by atoms with Gasteiger partial charge >= 0.3 is 5.97 Å². The normalized spacial score (nSPS) is 28.0. The van der Waals surface area contributed by atoms with Gasteiger partial charge in [0.15, 0.2) is 6.10 Å². The number of ether oxygens (including phenoxy) is 1. The SMILES string of the molecule is CC1(C)CC2(CC(c3ccc(Cl)c(F)c3)=C1CC[C@@H]1CC[C@@H](O)C(=O)O1)SCCCS2. The summed E-state index contributed by atoms with van der Waals surface area (Å²) in [7, 11) is 0. The first-order valence-electron chi connectivity index (χ1n) is 11.0. The predicted octanol–water partition coefficient (Wildman–Crippen LogP) is 6.47. The zero-order valence-electron chi connectivity index (χ0n) is 18.1. The van der Waals surface area contributed by atoms with Gasteiger partial charge in [-0.2, -0.15) is 0 Å². The first kappa shape index (κ1) is 23.5. The van der Waals surface area contributed by atoms with Gasteiger partial charge in [0.2, 0.25) is 0 Å². The molecule has 2 saturated heterocycles. The van der Waals surface area contributed by atoms with Crippen LogP contribution in [0.2, 0.25) is 5.02 Å². The zero-order chi connectivity index (χ0) is 22.2. The Balaban J connectivity index is 1.67. The highest BCUT2D eigenvalue weighted by Gasteiger charge is 2.46. The minimum absolute atomic E-state index is 0.0424. The second-order valence-electron chi connectivity index (χ2n) is 9.48. The lowest BCUT2D eigenvalue weighted by atomic mass is 9.68. The van der Waals surface area contributed by atoms with Crippen LogP contribution in [-0.2, 0) is 9.53 Å². The van der Waals surface area contributed by atoms with Crippen LogP contribution in [-0.4, -0.2) is 38.9 Å². The third-order valence-corrected chi connectivity index (χ3v) is 10.3. The van der Waals surface area contributed by atoms with Crippen molar-refractivity contribution >= 4 is 46.7 Å². The molecule has 3 aliphatic rings. The highest BCUT2D eigenvalue weighted by atomic mass is 35.5. The molecule has 1 aliphatic carbocycles. The van der Waals surface area contributed by atoms with Gasteiger partial charge in [0.25, 0.3) is 0 Å². The van der Waals surface area contributed by atoms with E-state index in [9.17, 15) is 14.3 Å². The molecule has 0 radical (unpaired) electrons. The molecular formula is C24H30ClFO3S2. The molecule has 3 nitrogen and oxygen atoms in total. The van der Waals surface area contributed by atoms with Gasteiger partial charge in [-0.25, -0.2) is 9.18 Å². The molecule has 4 rings (SSSR count). The van der Waals surface area contributed by atoms with E-state index in [0.717, 1.165) is 31.2 Å². The summed E-state index contributed by atoms with van der Waals surface area (Å²) in [6.45, 7) is 4.59. The van der Waals surface area contributed by atoms with Crippen molar-refractivity contribution in [2.45, 2.75) is 75.1 Å². The molecule has 2 fully saturated rings. The molecule has 7 heteroatoms. The van der Waals surface area contributed by atoms with E-state index >= 15 is 0 Å². The van der Waals surface area contributed by atoms with E-state index in [-0.39, 0.29) is 26.4 Å². The van der Waals surface area contributed by atoms with Crippen LogP contribution in [0.4, 0.5) is 4.39 Å². The van der Waals surface area contributed by atoms with Gasteiger partial charge in [0.1, 0.15) is 11.9 Å². The molecule has 2 heterocycles. The maximum Gasteiger partial charge on any atom is 0.335 e. The van der Waals surface area contributed by atoms with Gasteiger partial charge in [-0.1, -0.05) is 37.1 Å². The Morgan fingerprint density at radius 3 is 2.68 bits per heavy atom. The van der Waals surface area contributed by atoms with E-state index in [1.165, 1.54) is 29.1 Å². The molecular weight excluding hydrogens is 455 g/mol. The Bertz CT molecular complexity index is 880. The topological polar surface area (TPSA) is 46.5 Å². The molecule has 0 amide bonds. The largest absolute Gasteiger partial charge is 0.460 e. The molecule has 1 aromatic rings. The van der Waals surface area contributed by atoms with Crippen molar-refractivity contribution in [3.8, 4) is 0 Å². The number of carbonyl (C=O) groups is 1. The van der Waals surface area contributed by atoms with Crippen LogP contribution in [0.5, 0.6) is 0 Å². The third-order valence-electron chi connectivity index (χ3n) is 6.66. The number of cyclic esters (lactones) is 1. The highest BCUT2D eigenvalue weighted by molar-refractivity contribution is 8.18. The number of carbonyl (C=O) groups excluding carboxylic acids is 1. The summed E-state index contributed by atoms with van der Waals surface area (Å²) in [6.07, 6.45) is 4.72. The molecule has 0 unspecified atom stereocenters. The maximum absolute atomic E-state index is 14.4. The second-order valence-corrected chi connectivity index (χ2v) is 13.1. The van der Waals surface area contributed by atoms with Crippen LogP contribution < -0.4 is 0 Å². The van der Waals surface area contributed by atoms with Crippen molar-refractivity contribution in [1.82, 2.24) is 0 Å². The summed E-state index contributed by atoms with van der Waals surface area (Å²) in [4.78, 5) is 11.8. The third kappa shape index (κ3) is 5.13. The molecule has 170 valence electrons. The Kier molecular flexibility index (Phi) is 7.03. The molecule has 0 saturated carbocycles. The number of hydrogen-bond acceptors (Lipinski definition) is 5. The fourth-order valence-electron chi connectivity index (χ4n) is 5.17. The summed E-state index contributed by atoms with van der Waals surface area (Å²) in [6, 6.07) is 5.16. The van der Waals surface area contributed by atoms with Crippen molar-refractivity contribution in [1.29, 1.82) is 0 Å². The summed E-state index contributed by atoms with van der Waals surface area (Å²) >= 11 is 10.1. The van der Waals surface area contributed by atoms with E-state index < -0.39 is 12.1 Å². The lowest BCUT2D eigenvalue weighted by Gasteiger charge is -2.48. The van der Waals surface area contributed by atoms with Gasteiger partial charge in [0, 0.05) is 0 Å². The minimum atomic E-state index is -0.991. The van der Waals surface area contributed by atoms with Crippen LogP contribution in [0.25, 0.3) is 5.57 Å². The van der Waals surface area contributed by atoms with Crippen molar-refractivity contribution in [3.05, 3.63) is 40.2 Å². The van der Waals surface area contributed by atoms with Crippen LogP contribution >= 0.6 is 35.1 Å². The molecule has 2 atom stereocenters. The molecule has 1 aromatic carbocycles. The summed E-state index contributed by atoms with van der Waals surface area (Å²) in [5.74, 6) is 1.44. The number of esters is 1. The molecule has 1 spiro atoms. The number of aliphatic hydroxyl groups is 1. The molecule has 31 heavy (non-hydrogen) atoms. The number of hydrogen-bond donors (Lipinski definition) is 1. The average Bonchev–Trinajstić information content (AvgIpc) is 2.71. The molecule has 1 N–H and O–H groups in total. The zero-order valence-corrected chi connectivity index (χ0v) is 20.5. The van der Waals surface area contributed by atoms with Crippen LogP contribution in [0.1, 0.15) is 64.4 Å². The highest BCUT2D eigenvalue weighted by Crippen LogP contribution is 2.60. The quantitative estimate of drug-likeness (QED) is 0.496. The summed E-state index contributed by atoms with van der Waals surface area (Å²) < 4.78 is 20.0.